The van der Waals surface area contributed by atoms with Crippen molar-refractivity contribution in [3.05, 3.63) is 0 Å². The Morgan fingerprint density at radius 2 is 2.25 bits per heavy atom. The first-order valence-electron chi connectivity index (χ1n) is 5.11. The van der Waals surface area contributed by atoms with Crippen LogP contribution in [0.1, 0.15) is 6.42 Å². The third-order valence-corrected chi connectivity index (χ3v) is 3.93. The molecule has 0 aromatic carbocycles. The van der Waals surface area contributed by atoms with Crippen LogP contribution in [0.4, 0.5) is 0 Å². The number of piperazine rings is 1. The van der Waals surface area contributed by atoms with E-state index in [2.05, 4.69) is 17.1 Å². The second-order valence-electron chi connectivity index (χ2n) is 3.89. The third kappa shape index (κ3) is 5.34. The highest BCUT2D eigenvalue weighted by molar-refractivity contribution is 8.09. The summed E-state index contributed by atoms with van der Waals surface area (Å²) >= 11 is 4.51. The first-order chi connectivity index (χ1) is 7.38. The van der Waals surface area contributed by atoms with Crippen LogP contribution in [-0.4, -0.2) is 64.1 Å². The fourth-order valence-corrected chi connectivity index (χ4v) is 2.62. The van der Waals surface area contributed by atoms with E-state index < -0.39 is 18.5 Å². The van der Waals surface area contributed by atoms with Crippen molar-refractivity contribution in [3.8, 4) is 0 Å². The number of carbonyl (C=O) groups is 1. The zero-order chi connectivity index (χ0) is 12.2. The van der Waals surface area contributed by atoms with Gasteiger partial charge in [0, 0.05) is 25.8 Å². The fourth-order valence-electron chi connectivity index (χ4n) is 1.68. The molecule has 16 heavy (non-hydrogen) atoms. The van der Waals surface area contributed by atoms with Crippen molar-refractivity contribution in [3.63, 3.8) is 0 Å². The van der Waals surface area contributed by atoms with Gasteiger partial charge in [-0.15, -0.1) is 0 Å². The number of aliphatic carboxylic acids is 1. The molecule has 0 aliphatic carbocycles. The molecule has 8 heteroatoms. The van der Waals surface area contributed by atoms with E-state index in [-0.39, 0.29) is 6.16 Å². The number of carboxylic acid groups (broad SMARTS) is 1. The molecule has 0 radical (unpaired) electrons. The average molecular weight is 268 g/mol. The number of nitrogens with one attached hydrogen (secondary N) is 1. The molecule has 0 spiro atoms. The SMILES string of the molecule is O=C(O)[C@H]1CN(CCCP(O)(O)=S)CCN1. The van der Waals surface area contributed by atoms with Gasteiger partial charge in [0.2, 0.25) is 0 Å². The van der Waals surface area contributed by atoms with E-state index in [9.17, 15) is 4.79 Å². The Bertz CT molecular complexity index is 296. The standard InChI is InChI=1S/C8H17N2O4PS/c11-8(12)7-6-10(4-2-9-7)3-1-5-15(13,14)16/h7,9H,1-6H2,(H,11,12)(H2,13,14,16)/t7-/m1/s1. The van der Waals surface area contributed by atoms with E-state index in [1.165, 1.54) is 0 Å². The van der Waals surface area contributed by atoms with E-state index in [1.807, 2.05) is 4.90 Å². The lowest BCUT2D eigenvalue weighted by Gasteiger charge is -2.31. The van der Waals surface area contributed by atoms with Crippen LogP contribution in [0.2, 0.25) is 0 Å². The summed E-state index contributed by atoms with van der Waals surface area (Å²) in [4.78, 5) is 30.8. The van der Waals surface area contributed by atoms with Crippen LogP contribution in [0.3, 0.4) is 0 Å². The summed E-state index contributed by atoms with van der Waals surface area (Å²) in [6.45, 7) is -0.558. The number of hydrogen-bond acceptors (Lipinski definition) is 4. The van der Waals surface area contributed by atoms with E-state index >= 15 is 0 Å². The van der Waals surface area contributed by atoms with Gasteiger partial charge in [0.15, 0.2) is 6.49 Å². The number of carboxylic acids is 1. The first kappa shape index (κ1) is 14.0. The number of rotatable bonds is 5. The maximum atomic E-state index is 10.8. The molecule has 0 unspecified atom stereocenters. The minimum atomic E-state index is -3.09. The van der Waals surface area contributed by atoms with Crippen molar-refractivity contribution in [1.29, 1.82) is 0 Å². The van der Waals surface area contributed by atoms with E-state index in [0.717, 1.165) is 6.54 Å². The van der Waals surface area contributed by atoms with Gasteiger partial charge in [-0.1, -0.05) is 0 Å². The molecule has 6 nitrogen and oxygen atoms in total. The Labute approximate surface area is 99.4 Å². The van der Waals surface area contributed by atoms with Crippen LogP contribution in [0, 0.1) is 0 Å². The molecule has 1 aliphatic rings. The molecular formula is C8H17N2O4PS. The summed E-state index contributed by atoms with van der Waals surface area (Å²) < 4.78 is 0. The minimum Gasteiger partial charge on any atom is -0.480 e. The molecule has 0 saturated carbocycles. The molecule has 1 heterocycles. The predicted octanol–water partition coefficient (Wildman–Crippen LogP) is -0.971. The van der Waals surface area contributed by atoms with Crippen molar-refractivity contribution in [1.82, 2.24) is 10.2 Å². The lowest BCUT2D eigenvalue weighted by Crippen LogP contribution is -2.54. The largest absolute Gasteiger partial charge is 0.480 e. The highest BCUT2D eigenvalue weighted by Crippen LogP contribution is 2.35. The van der Waals surface area contributed by atoms with Crippen LogP contribution >= 0.6 is 6.49 Å². The Balaban J connectivity index is 2.27. The molecule has 0 aromatic rings. The molecule has 1 rings (SSSR count). The second kappa shape index (κ2) is 6.05. The van der Waals surface area contributed by atoms with Crippen LogP contribution in [0.25, 0.3) is 0 Å². The lowest BCUT2D eigenvalue weighted by atomic mass is 10.2. The monoisotopic (exact) mass is 268 g/mol. The van der Waals surface area contributed by atoms with Gasteiger partial charge in [0.1, 0.15) is 6.04 Å². The summed E-state index contributed by atoms with van der Waals surface area (Å²) in [7, 11) is 0. The van der Waals surface area contributed by atoms with E-state index in [1.54, 1.807) is 0 Å². The maximum Gasteiger partial charge on any atom is 0.322 e. The second-order valence-corrected chi connectivity index (χ2v) is 7.42. The molecule has 94 valence electrons. The van der Waals surface area contributed by atoms with Gasteiger partial charge >= 0.3 is 5.97 Å². The summed E-state index contributed by atoms with van der Waals surface area (Å²) in [5.74, 6) is -0.848. The van der Waals surface area contributed by atoms with Gasteiger partial charge in [-0.2, -0.15) is 0 Å². The first-order valence-corrected chi connectivity index (χ1v) is 8.01. The van der Waals surface area contributed by atoms with Crippen molar-refractivity contribution < 1.29 is 19.7 Å². The summed E-state index contributed by atoms with van der Waals surface area (Å²) in [5, 5.41) is 11.7. The molecule has 0 aromatic heterocycles. The van der Waals surface area contributed by atoms with Crippen molar-refractivity contribution in [2.75, 3.05) is 32.3 Å². The van der Waals surface area contributed by atoms with Crippen LogP contribution in [0.15, 0.2) is 0 Å². The van der Waals surface area contributed by atoms with E-state index in [0.29, 0.717) is 26.1 Å². The normalized spacial score (nSPS) is 23.2. The zero-order valence-electron chi connectivity index (χ0n) is 8.87. The van der Waals surface area contributed by atoms with Gasteiger partial charge < -0.3 is 20.2 Å². The minimum absolute atomic E-state index is 0.226. The predicted molar refractivity (Wildman–Crippen MR) is 64.1 cm³/mol. The molecule has 1 atom stereocenters. The summed E-state index contributed by atoms with van der Waals surface area (Å²) in [5.41, 5.74) is 0. The van der Waals surface area contributed by atoms with Gasteiger partial charge in [-0.25, -0.2) is 0 Å². The molecule has 0 amide bonds. The Morgan fingerprint density at radius 1 is 1.56 bits per heavy atom. The highest BCUT2D eigenvalue weighted by atomic mass is 32.5. The van der Waals surface area contributed by atoms with Crippen molar-refractivity contribution >= 4 is 24.3 Å². The number of nitrogens with zero attached hydrogens (tertiary/aromatic N) is 1. The van der Waals surface area contributed by atoms with Crippen LogP contribution < -0.4 is 5.32 Å². The van der Waals surface area contributed by atoms with Crippen LogP contribution in [0.5, 0.6) is 0 Å². The summed E-state index contributed by atoms with van der Waals surface area (Å²) in [6.07, 6.45) is 0.820. The summed E-state index contributed by atoms with van der Waals surface area (Å²) in [6, 6.07) is -0.528. The van der Waals surface area contributed by atoms with E-state index in [4.69, 9.17) is 14.9 Å². The molecule has 1 aliphatic heterocycles. The fraction of sp³-hybridized carbons (Fsp3) is 0.875. The highest BCUT2D eigenvalue weighted by Gasteiger charge is 2.24. The quantitative estimate of drug-likeness (QED) is 0.477. The van der Waals surface area contributed by atoms with Gasteiger partial charge in [0.25, 0.3) is 0 Å². The molecular weight excluding hydrogens is 251 g/mol. The zero-order valence-corrected chi connectivity index (χ0v) is 10.6. The Morgan fingerprint density at radius 3 is 2.81 bits per heavy atom. The van der Waals surface area contributed by atoms with Crippen molar-refractivity contribution in [2.24, 2.45) is 0 Å². The third-order valence-electron chi connectivity index (χ3n) is 2.48. The van der Waals surface area contributed by atoms with Gasteiger partial charge in [-0.05, 0) is 24.8 Å². The van der Waals surface area contributed by atoms with Gasteiger partial charge in [-0.3, -0.25) is 9.69 Å². The van der Waals surface area contributed by atoms with Crippen LogP contribution in [-0.2, 0) is 16.6 Å². The smallest absolute Gasteiger partial charge is 0.322 e. The number of hydrogen-bond donors (Lipinski definition) is 4. The Hall–Kier alpha value is -0.0400. The van der Waals surface area contributed by atoms with Crippen molar-refractivity contribution in [2.45, 2.75) is 12.5 Å². The molecule has 4 N–H and O–H groups in total. The molecule has 1 fully saturated rings. The topological polar surface area (TPSA) is 93.0 Å². The maximum absolute atomic E-state index is 10.8. The Kier molecular flexibility index (Phi) is 5.30. The lowest BCUT2D eigenvalue weighted by molar-refractivity contribution is -0.140. The molecule has 0 bridgehead atoms. The van der Waals surface area contributed by atoms with Gasteiger partial charge in [0.05, 0.1) is 0 Å². The molecule has 1 saturated heterocycles. The average Bonchev–Trinajstić information content (AvgIpc) is 2.16.